The predicted octanol–water partition coefficient (Wildman–Crippen LogP) is 7.28. The summed E-state index contributed by atoms with van der Waals surface area (Å²) in [4.78, 5) is 17.4. The van der Waals surface area contributed by atoms with Crippen molar-refractivity contribution in [2.75, 3.05) is 12.4 Å². The molecule has 1 aromatic heterocycles. The Balaban J connectivity index is 1.60. The van der Waals surface area contributed by atoms with E-state index >= 15 is 0 Å². The molecule has 4 aromatic rings. The molecule has 32 heavy (non-hydrogen) atoms. The highest BCUT2D eigenvalue weighted by molar-refractivity contribution is 9.11. The van der Waals surface area contributed by atoms with Gasteiger partial charge >= 0.3 is 0 Å². The predicted molar refractivity (Wildman–Crippen MR) is 142 cm³/mol. The van der Waals surface area contributed by atoms with Crippen LogP contribution in [0.4, 0.5) is 5.69 Å². The number of ether oxygens (including phenoxy) is 1. The second-order valence-corrected chi connectivity index (χ2v) is 10.2. The van der Waals surface area contributed by atoms with Crippen LogP contribution in [0.5, 0.6) is 5.75 Å². The Kier molecular flexibility index (Phi) is 7.11. The zero-order valence-corrected chi connectivity index (χ0v) is 22.0. The normalized spacial score (nSPS) is 10.8. The summed E-state index contributed by atoms with van der Waals surface area (Å²) in [5.74, 6) is 0.102. The number of hydrogen-bond acceptors (Lipinski definition) is 5. The van der Waals surface area contributed by atoms with Gasteiger partial charge in [0.2, 0.25) is 0 Å². The number of thiocarbonyl (C=S) groups is 1. The van der Waals surface area contributed by atoms with E-state index in [4.69, 9.17) is 33.5 Å². The minimum Gasteiger partial charge on any atom is -0.495 e. The number of carbonyl (C=O) groups is 1. The van der Waals surface area contributed by atoms with Crippen LogP contribution in [0.3, 0.4) is 0 Å². The second kappa shape index (κ2) is 9.84. The van der Waals surface area contributed by atoms with E-state index in [1.807, 2.05) is 36.4 Å². The molecular weight excluding hydrogens is 598 g/mol. The SMILES string of the molecule is COc1ccc(C(=O)NC(=S)Nc2c(Br)cc(Br)cc2-c2nc3ccccc3s2)cc1Cl. The van der Waals surface area contributed by atoms with Gasteiger partial charge < -0.3 is 10.1 Å². The number of carbonyl (C=O) groups excluding carboxylic acids is 1. The van der Waals surface area contributed by atoms with Crippen LogP contribution in [0.2, 0.25) is 5.02 Å². The first-order valence-corrected chi connectivity index (χ1v) is 12.4. The molecule has 0 saturated heterocycles. The van der Waals surface area contributed by atoms with Gasteiger partial charge in [-0.25, -0.2) is 4.98 Å². The van der Waals surface area contributed by atoms with Crippen LogP contribution < -0.4 is 15.4 Å². The van der Waals surface area contributed by atoms with E-state index in [1.54, 1.807) is 23.5 Å². The van der Waals surface area contributed by atoms with Crippen LogP contribution in [0, 0.1) is 0 Å². The maximum absolute atomic E-state index is 12.6. The van der Waals surface area contributed by atoms with Crippen molar-refractivity contribution in [2.24, 2.45) is 0 Å². The second-order valence-electron chi connectivity index (χ2n) is 6.55. The molecule has 0 saturated carbocycles. The summed E-state index contributed by atoms with van der Waals surface area (Å²) in [6.45, 7) is 0. The molecule has 0 unspecified atom stereocenters. The van der Waals surface area contributed by atoms with Crippen molar-refractivity contribution in [3.8, 4) is 16.3 Å². The summed E-state index contributed by atoms with van der Waals surface area (Å²) >= 11 is 20.2. The Labute approximate surface area is 215 Å². The molecule has 0 bridgehead atoms. The molecule has 1 heterocycles. The van der Waals surface area contributed by atoms with Crippen LogP contribution >= 0.6 is 67.0 Å². The number of hydrogen-bond donors (Lipinski definition) is 2. The van der Waals surface area contributed by atoms with Crippen LogP contribution in [0.25, 0.3) is 20.8 Å². The Morgan fingerprint density at radius 1 is 1.16 bits per heavy atom. The van der Waals surface area contributed by atoms with Gasteiger partial charge in [0, 0.05) is 20.1 Å². The zero-order chi connectivity index (χ0) is 22.8. The standard InChI is InChI=1S/C22H14Br2ClN3O2S2/c1-30-17-7-6-11(8-15(17)25)20(29)28-22(31)27-19-13(9-12(23)10-14(19)24)21-26-16-4-2-3-5-18(16)32-21/h2-10H,1H3,(H2,27,28,29,31). The fourth-order valence-corrected chi connectivity index (χ4v) is 5.75. The number of fused-ring (bicyclic) bond motifs is 1. The third-order valence-electron chi connectivity index (χ3n) is 4.46. The lowest BCUT2D eigenvalue weighted by Crippen LogP contribution is -2.34. The Hall–Kier alpha value is -2.04. The molecule has 0 atom stereocenters. The van der Waals surface area contributed by atoms with Crippen LogP contribution in [-0.2, 0) is 0 Å². The molecular formula is C22H14Br2ClN3O2S2. The Morgan fingerprint density at radius 3 is 2.66 bits per heavy atom. The van der Waals surface area contributed by atoms with Crippen molar-refractivity contribution in [1.29, 1.82) is 0 Å². The van der Waals surface area contributed by atoms with Gasteiger partial charge in [-0.1, -0.05) is 39.7 Å². The summed E-state index contributed by atoms with van der Waals surface area (Å²) in [7, 11) is 1.51. The number of nitrogens with one attached hydrogen (secondary N) is 2. The number of rotatable bonds is 4. The van der Waals surface area contributed by atoms with Crippen molar-refractivity contribution in [3.63, 3.8) is 0 Å². The van der Waals surface area contributed by atoms with Gasteiger partial charge in [0.25, 0.3) is 5.91 Å². The topological polar surface area (TPSA) is 63.2 Å². The molecule has 162 valence electrons. The smallest absolute Gasteiger partial charge is 0.257 e. The number of anilines is 1. The average molecular weight is 612 g/mol. The first-order valence-electron chi connectivity index (χ1n) is 9.16. The molecule has 0 fully saturated rings. The van der Waals surface area contributed by atoms with Crippen LogP contribution in [0.1, 0.15) is 10.4 Å². The van der Waals surface area contributed by atoms with Crippen molar-refractivity contribution >= 4 is 93.9 Å². The molecule has 0 aliphatic heterocycles. The molecule has 1 amide bonds. The minimum atomic E-state index is -0.387. The number of aromatic nitrogens is 1. The lowest BCUT2D eigenvalue weighted by atomic mass is 10.2. The molecule has 0 radical (unpaired) electrons. The van der Waals surface area contributed by atoms with Gasteiger partial charge in [0.15, 0.2) is 5.11 Å². The highest BCUT2D eigenvalue weighted by atomic mass is 79.9. The number of methoxy groups -OCH3 is 1. The van der Waals surface area contributed by atoms with E-state index in [-0.39, 0.29) is 11.0 Å². The molecule has 5 nitrogen and oxygen atoms in total. The quantitative estimate of drug-likeness (QED) is 0.238. The monoisotopic (exact) mass is 609 g/mol. The number of benzene rings is 3. The third kappa shape index (κ3) is 4.97. The average Bonchev–Trinajstić information content (AvgIpc) is 3.19. The molecule has 3 aromatic carbocycles. The number of para-hydroxylation sites is 1. The van der Waals surface area contributed by atoms with E-state index in [9.17, 15) is 4.79 Å². The zero-order valence-electron chi connectivity index (χ0n) is 16.4. The molecule has 10 heteroatoms. The maximum Gasteiger partial charge on any atom is 0.257 e. The number of thiazole rings is 1. The summed E-state index contributed by atoms with van der Waals surface area (Å²) in [6, 6.07) is 16.6. The summed E-state index contributed by atoms with van der Waals surface area (Å²) in [5, 5.41) is 7.13. The lowest BCUT2D eigenvalue weighted by Gasteiger charge is -2.15. The van der Waals surface area contributed by atoms with Gasteiger partial charge in [0.1, 0.15) is 10.8 Å². The highest BCUT2D eigenvalue weighted by Crippen LogP contribution is 2.40. The van der Waals surface area contributed by atoms with Crippen LogP contribution in [-0.4, -0.2) is 23.1 Å². The number of nitrogens with zero attached hydrogens (tertiary/aromatic N) is 1. The largest absolute Gasteiger partial charge is 0.495 e. The van der Waals surface area contributed by atoms with Crippen molar-refractivity contribution in [2.45, 2.75) is 0 Å². The fourth-order valence-electron chi connectivity index (χ4n) is 2.98. The van der Waals surface area contributed by atoms with Gasteiger partial charge in [-0.15, -0.1) is 11.3 Å². The Morgan fingerprint density at radius 2 is 1.94 bits per heavy atom. The maximum atomic E-state index is 12.6. The summed E-state index contributed by atoms with van der Waals surface area (Å²) in [5.41, 5.74) is 2.82. The third-order valence-corrected chi connectivity index (χ3v) is 7.11. The Bertz CT molecular complexity index is 1330. The summed E-state index contributed by atoms with van der Waals surface area (Å²) in [6.07, 6.45) is 0. The first-order chi connectivity index (χ1) is 15.4. The van der Waals surface area contributed by atoms with Gasteiger partial charge in [-0.3, -0.25) is 10.1 Å². The van der Waals surface area contributed by atoms with E-state index in [2.05, 4.69) is 42.5 Å². The van der Waals surface area contributed by atoms with E-state index in [1.165, 1.54) is 13.2 Å². The molecule has 2 N–H and O–H groups in total. The number of halogens is 3. The van der Waals surface area contributed by atoms with Gasteiger partial charge in [0.05, 0.1) is 28.0 Å². The number of amides is 1. The molecule has 0 aliphatic carbocycles. The van der Waals surface area contributed by atoms with Gasteiger partial charge in [-0.05, 0) is 70.6 Å². The van der Waals surface area contributed by atoms with E-state index in [0.717, 1.165) is 29.7 Å². The molecule has 4 rings (SSSR count). The lowest BCUT2D eigenvalue weighted by molar-refractivity contribution is 0.0977. The molecule has 0 spiro atoms. The highest BCUT2D eigenvalue weighted by Gasteiger charge is 2.17. The van der Waals surface area contributed by atoms with Crippen LogP contribution in [0.15, 0.2) is 63.5 Å². The van der Waals surface area contributed by atoms with E-state index < -0.39 is 0 Å². The van der Waals surface area contributed by atoms with Crippen molar-refractivity contribution < 1.29 is 9.53 Å². The fraction of sp³-hybridized carbons (Fsp3) is 0.0455. The first kappa shape index (κ1) is 23.1. The van der Waals surface area contributed by atoms with E-state index in [0.29, 0.717) is 22.0 Å². The minimum absolute atomic E-state index is 0.146. The molecule has 0 aliphatic rings. The van der Waals surface area contributed by atoms with Crippen molar-refractivity contribution in [1.82, 2.24) is 10.3 Å². The summed E-state index contributed by atoms with van der Waals surface area (Å²) < 4.78 is 7.85. The van der Waals surface area contributed by atoms with Gasteiger partial charge in [-0.2, -0.15) is 0 Å². The van der Waals surface area contributed by atoms with Crippen molar-refractivity contribution in [3.05, 3.63) is 74.1 Å².